The molecule has 3 rings (SSSR count). The molecule has 0 aliphatic heterocycles. The van der Waals surface area contributed by atoms with Crippen molar-refractivity contribution in [3.05, 3.63) is 87.9 Å². The van der Waals surface area contributed by atoms with Gasteiger partial charge in [-0.05, 0) is 55.5 Å². The lowest BCUT2D eigenvalue weighted by Gasteiger charge is -2.06. The predicted molar refractivity (Wildman–Crippen MR) is 139 cm³/mol. The molecule has 0 aliphatic carbocycles. The molecule has 0 atom stereocenters. The number of non-ortho nitro benzene ring substituents is 1. The highest BCUT2D eigenvalue weighted by Crippen LogP contribution is 2.15. The van der Waals surface area contributed by atoms with Gasteiger partial charge in [0.25, 0.3) is 5.69 Å². The molecular weight excluding hydrogens is 528 g/mol. The number of esters is 1. The lowest BCUT2D eigenvalue weighted by Crippen LogP contribution is -2.34. The Morgan fingerprint density at radius 2 is 1.48 bits per heavy atom. The van der Waals surface area contributed by atoms with Crippen molar-refractivity contribution in [2.24, 2.45) is 5.10 Å². The fraction of sp³-hybridized carbons (Fsp3) is 0.120. The first-order valence-electron chi connectivity index (χ1n) is 11.5. The normalized spacial score (nSPS) is 10.4. The summed E-state index contributed by atoms with van der Waals surface area (Å²) < 4.78 is 10.3. The molecule has 0 saturated carbocycles. The number of amides is 4. The molecule has 4 amide bonds. The summed E-state index contributed by atoms with van der Waals surface area (Å²) in [6.45, 7) is 1.77. The number of hydrogen-bond acceptors (Lipinski definition) is 10. The van der Waals surface area contributed by atoms with Gasteiger partial charge in [-0.15, -0.1) is 0 Å². The van der Waals surface area contributed by atoms with Gasteiger partial charge in [-0.1, -0.05) is 0 Å². The van der Waals surface area contributed by atoms with Crippen LogP contribution >= 0.6 is 0 Å². The molecule has 2 aromatic carbocycles. The Morgan fingerprint density at radius 1 is 0.875 bits per heavy atom. The third kappa shape index (κ3) is 8.34. The summed E-state index contributed by atoms with van der Waals surface area (Å²) in [7, 11) is 0. The average molecular weight is 550 g/mol. The molecule has 3 aromatic rings. The molecule has 0 bridgehead atoms. The quantitative estimate of drug-likeness (QED) is 0.100. The number of nitrogens with one attached hydrogen (secondary N) is 4. The van der Waals surface area contributed by atoms with Crippen molar-refractivity contribution < 1.29 is 38.1 Å². The second-order valence-electron chi connectivity index (χ2n) is 7.70. The first kappa shape index (κ1) is 28.7. The van der Waals surface area contributed by atoms with Crippen molar-refractivity contribution in [1.82, 2.24) is 10.7 Å². The van der Waals surface area contributed by atoms with E-state index in [1.54, 1.807) is 6.92 Å². The third-order valence-electron chi connectivity index (χ3n) is 4.87. The number of hydrogen-bond donors (Lipinski definition) is 4. The van der Waals surface area contributed by atoms with Crippen LogP contribution in [-0.2, 0) is 30.5 Å². The van der Waals surface area contributed by atoms with Crippen molar-refractivity contribution in [3.63, 3.8) is 0 Å². The maximum atomic E-state index is 12.1. The molecule has 1 heterocycles. The minimum Gasteiger partial charge on any atom is -0.462 e. The number of nitro groups is 1. The highest BCUT2D eigenvalue weighted by molar-refractivity contribution is 6.40. The largest absolute Gasteiger partial charge is 0.462 e. The number of nitro benzene ring substituents is 1. The highest BCUT2D eigenvalue weighted by Gasteiger charge is 2.16. The fourth-order valence-electron chi connectivity index (χ4n) is 2.96. The fourth-order valence-corrected chi connectivity index (χ4v) is 2.96. The maximum Gasteiger partial charge on any atom is 0.338 e. The topological polar surface area (TPSA) is 211 Å². The van der Waals surface area contributed by atoms with Crippen molar-refractivity contribution in [3.8, 4) is 0 Å². The summed E-state index contributed by atoms with van der Waals surface area (Å²) in [6.07, 6.45) is 1.11. The van der Waals surface area contributed by atoms with Crippen LogP contribution in [0.2, 0.25) is 0 Å². The average Bonchev–Trinajstić information content (AvgIpc) is 3.40. The Balaban J connectivity index is 1.42. The number of hydrazone groups is 1. The molecule has 0 unspecified atom stereocenters. The van der Waals surface area contributed by atoms with Crippen molar-refractivity contribution in [2.75, 3.05) is 17.2 Å². The number of anilines is 2. The minimum absolute atomic E-state index is 0.133. The number of benzene rings is 2. The van der Waals surface area contributed by atoms with Crippen LogP contribution in [0.4, 0.5) is 17.1 Å². The van der Waals surface area contributed by atoms with Crippen LogP contribution in [0, 0.1) is 10.1 Å². The molecule has 0 saturated heterocycles. The van der Waals surface area contributed by atoms with Gasteiger partial charge in [-0.25, -0.2) is 10.2 Å². The summed E-state index contributed by atoms with van der Waals surface area (Å²) in [5, 5.41) is 21.3. The van der Waals surface area contributed by atoms with E-state index in [-0.39, 0.29) is 36.0 Å². The van der Waals surface area contributed by atoms with Gasteiger partial charge in [0.05, 0.1) is 29.9 Å². The van der Waals surface area contributed by atoms with E-state index in [4.69, 9.17) is 9.15 Å². The van der Waals surface area contributed by atoms with Gasteiger partial charge in [0.2, 0.25) is 0 Å². The van der Waals surface area contributed by atoms with E-state index < -0.39 is 34.5 Å². The van der Waals surface area contributed by atoms with Crippen molar-refractivity contribution in [2.45, 2.75) is 13.5 Å². The summed E-state index contributed by atoms with van der Waals surface area (Å²) in [4.78, 5) is 69.7. The summed E-state index contributed by atoms with van der Waals surface area (Å²) in [6, 6.07) is 13.6. The minimum atomic E-state index is -1.10. The van der Waals surface area contributed by atoms with Crippen LogP contribution in [0.25, 0.3) is 0 Å². The van der Waals surface area contributed by atoms with E-state index in [9.17, 15) is 34.1 Å². The van der Waals surface area contributed by atoms with Gasteiger partial charge >= 0.3 is 29.6 Å². The Bertz CT molecular complexity index is 1450. The number of ether oxygens (including phenoxy) is 1. The predicted octanol–water partition coefficient (Wildman–Crippen LogP) is 1.71. The Labute approximate surface area is 225 Å². The van der Waals surface area contributed by atoms with Gasteiger partial charge < -0.3 is 25.1 Å². The smallest absolute Gasteiger partial charge is 0.338 e. The molecule has 0 fully saturated rings. The lowest BCUT2D eigenvalue weighted by molar-refractivity contribution is -0.384. The van der Waals surface area contributed by atoms with Gasteiger partial charge in [0.1, 0.15) is 11.5 Å². The van der Waals surface area contributed by atoms with E-state index in [1.807, 2.05) is 5.43 Å². The summed E-state index contributed by atoms with van der Waals surface area (Å²) in [5.41, 5.74) is 2.59. The molecule has 4 N–H and O–H groups in total. The maximum absolute atomic E-state index is 12.1. The molecule has 40 heavy (non-hydrogen) atoms. The van der Waals surface area contributed by atoms with Crippen LogP contribution in [0.3, 0.4) is 0 Å². The second kappa shape index (κ2) is 13.6. The van der Waals surface area contributed by atoms with E-state index in [2.05, 4.69) is 21.1 Å². The first-order chi connectivity index (χ1) is 19.2. The highest BCUT2D eigenvalue weighted by atomic mass is 16.6. The number of carbonyl (C=O) groups is 5. The summed E-state index contributed by atoms with van der Waals surface area (Å²) >= 11 is 0. The molecule has 0 spiro atoms. The standard InChI is InChI=1S/C25H22N6O9/c1-2-39-25(36)15-3-5-16(6-4-15)28-22(33)21(32)26-13-19-11-12-20(40-19)14-27-30-24(35)23(34)29-17-7-9-18(10-8-17)31(37)38/h3-12,14H,2,13H2,1H3,(H,26,32)(H,28,33)(H,29,34)(H,30,35)/b27-14+. The van der Waals surface area contributed by atoms with Crippen LogP contribution in [0.5, 0.6) is 0 Å². The van der Waals surface area contributed by atoms with Crippen LogP contribution in [0.15, 0.2) is 70.2 Å². The molecule has 206 valence electrons. The monoisotopic (exact) mass is 550 g/mol. The molecule has 0 radical (unpaired) electrons. The number of nitrogens with zero attached hydrogens (tertiary/aromatic N) is 2. The van der Waals surface area contributed by atoms with E-state index in [1.165, 1.54) is 60.7 Å². The SMILES string of the molecule is CCOC(=O)c1ccc(NC(=O)C(=O)NCc2ccc(/C=N/NC(=O)C(=O)Nc3ccc([N+](=O)[O-])cc3)o2)cc1. The third-order valence-corrected chi connectivity index (χ3v) is 4.87. The molecule has 15 heteroatoms. The van der Waals surface area contributed by atoms with Gasteiger partial charge in [0.15, 0.2) is 0 Å². The zero-order chi connectivity index (χ0) is 29.1. The Hall–Kier alpha value is -5.86. The van der Waals surface area contributed by atoms with Gasteiger partial charge in [-0.3, -0.25) is 29.3 Å². The molecule has 15 nitrogen and oxygen atoms in total. The van der Waals surface area contributed by atoms with Gasteiger partial charge in [-0.2, -0.15) is 5.10 Å². The number of rotatable bonds is 9. The zero-order valence-electron chi connectivity index (χ0n) is 20.8. The van der Waals surface area contributed by atoms with E-state index >= 15 is 0 Å². The Morgan fingerprint density at radius 3 is 2.08 bits per heavy atom. The number of carbonyl (C=O) groups excluding carboxylic acids is 5. The van der Waals surface area contributed by atoms with Gasteiger partial charge in [0, 0.05) is 23.5 Å². The van der Waals surface area contributed by atoms with E-state index in [0.717, 1.165) is 6.21 Å². The van der Waals surface area contributed by atoms with E-state index in [0.29, 0.717) is 11.3 Å². The second-order valence-corrected chi connectivity index (χ2v) is 7.70. The van der Waals surface area contributed by atoms with Crippen molar-refractivity contribution >= 4 is 52.9 Å². The first-order valence-corrected chi connectivity index (χ1v) is 11.5. The van der Waals surface area contributed by atoms with Crippen molar-refractivity contribution in [1.29, 1.82) is 0 Å². The molecular formula is C25H22N6O9. The lowest BCUT2D eigenvalue weighted by atomic mass is 10.2. The van der Waals surface area contributed by atoms with Crippen LogP contribution in [0.1, 0.15) is 28.8 Å². The molecule has 0 aliphatic rings. The molecule has 1 aromatic heterocycles. The Kier molecular flexibility index (Phi) is 9.77. The zero-order valence-corrected chi connectivity index (χ0v) is 20.8. The summed E-state index contributed by atoms with van der Waals surface area (Å²) in [5.74, 6) is -4.10. The van der Waals surface area contributed by atoms with Crippen LogP contribution in [-0.4, -0.2) is 47.3 Å². The number of furan rings is 1. The van der Waals surface area contributed by atoms with Crippen LogP contribution < -0.4 is 21.4 Å².